The molecule has 0 aromatic heterocycles. The highest BCUT2D eigenvalue weighted by molar-refractivity contribution is 5.20. The third kappa shape index (κ3) is 5.43. The van der Waals surface area contributed by atoms with Gasteiger partial charge in [-0.05, 0) is 92.7 Å². The van der Waals surface area contributed by atoms with Gasteiger partial charge in [-0.15, -0.1) is 0 Å². The van der Waals surface area contributed by atoms with Crippen molar-refractivity contribution in [3.63, 3.8) is 0 Å². The molecule has 0 radical (unpaired) electrons. The van der Waals surface area contributed by atoms with Crippen LogP contribution in [0.15, 0.2) is 36.4 Å². The summed E-state index contributed by atoms with van der Waals surface area (Å²) in [5.41, 5.74) is 1.32. The maximum atomic E-state index is 13.1. The van der Waals surface area contributed by atoms with Crippen LogP contribution in [0, 0.1) is 34.9 Å². The molecular weight excluding hydrogens is 309 g/mol. The molecule has 2 aliphatic carbocycles. The lowest BCUT2D eigenvalue weighted by molar-refractivity contribution is 0.246. The van der Waals surface area contributed by atoms with Gasteiger partial charge in [0.15, 0.2) is 0 Å². The Labute approximate surface area is 151 Å². The van der Waals surface area contributed by atoms with E-state index in [1.807, 2.05) is 12.1 Å². The molecule has 2 fully saturated rings. The maximum absolute atomic E-state index is 13.1. The molecule has 0 aliphatic heterocycles. The van der Waals surface area contributed by atoms with Crippen LogP contribution in [-0.2, 0) is 0 Å². The smallest absolute Gasteiger partial charge is 0.123 e. The number of benzene rings is 1. The summed E-state index contributed by atoms with van der Waals surface area (Å²) in [6.07, 6.45) is 16.9. The Morgan fingerprint density at radius 2 is 1.44 bits per heavy atom. The van der Waals surface area contributed by atoms with Crippen LogP contribution in [0.4, 0.5) is 4.39 Å². The zero-order chi connectivity index (χ0) is 17.5. The average molecular weight is 339 g/mol. The lowest BCUT2D eigenvalue weighted by atomic mass is 9.74. The molecule has 2 heteroatoms. The summed E-state index contributed by atoms with van der Waals surface area (Å²) in [6.45, 7) is 0. The quantitative estimate of drug-likeness (QED) is 0.543. The minimum absolute atomic E-state index is 0.129. The monoisotopic (exact) mass is 339 g/mol. The van der Waals surface area contributed by atoms with E-state index in [1.54, 1.807) is 18.2 Å². The second-order valence-corrected chi connectivity index (χ2v) is 8.12. The number of hydrogen-bond acceptors (Lipinski definition) is 1. The zero-order valence-corrected chi connectivity index (χ0v) is 15.2. The van der Waals surface area contributed by atoms with Crippen molar-refractivity contribution in [1.29, 1.82) is 5.26 Å². The van der Waals surface area contributed by atoms with Crippen molar-refractivity contribution in [3.8, 4) is 6.07 Å². The summed E-state index contributed by atoms with van der Waals surface area (Å²) in [6, 6.07) is 9.26. The lowest BCUT2D eigenvalue weighted by Crippen LogP contribution is -2.17. The molecule has 1 aromatic rings. The number of hydrogen-bond donors (Lipinski definition) is 0. The lowest BCUT2D eigenvalue weighted by Gasteiger charge is -2.31. The van der Waals surface area contributed by atoms with Crippen LogP contribution in [-0.4, -0.2) is 0 Å². The largest absolute Gasteiger partial charge is 0.207 e. The molecular formula is C23H30FN. The summed E-state index contributed by atoms with van der Waals surface area (Å²) in [4.78, 5) is 0. The number of allylic oxidation sites excluding steroid dienone is 2. The molecule has 2 saturated carbocycles. The number of nitriles is 1. The Balaban J connectivity index is 1.35. The predicted molar refractivity (Wildman–Crippen MR) is 101 cm³/mol. The first-order valence-electron chi connectivity index (χ1n) is 10.1. The Bertz CT molecular complexity index is 582. The highest BCUT2D eigenvalue weighted by atomic mass is 19.1. The molecule has 0 unspecified atom stereocenters. The van der Waals surface area contributed by atoms with Gasteiger partial charge in [-0.25, -0.2) is 4.39 Å². The summed E-state index contributed by atoms with van der Waals surface area (Å²) < 4.78 is 13.1. The minimum atomic E-state index is -0.129. The van der Waals surface area contributed by atoms with E-state index in [-0.39, 0.29) is 5.82 Å². The average Bonchev–Trinajstić information content (AvgIpc) is 2.67. The molecule has 2 aliphatic rings. The highest BCUT2D eigenvalue weighted by Crippen LogP contribution is 2.39. The van der Waals surface area contributed by atoms with Gasteiger partial charge in [0.2, 0.25) is 0 Å². The first kappa shape index (κ1) is 18.2. The van der Waals surface area contributed by atoms with Gasteiger partial charge in [-0.1, -0.05) is 31.1 Å². The van der Waals surface area contributed by atoms with Crippen molar-refractivity contribution >= 4 is 0 Å². The molecule has 0 N–H and O–H groups in total. The molecule has 0 saturated heterocycles. The molecule has 134 valence electrons. The standard InChI is InChI=1S/C23H30FN/c24-23-15-13-22(14-16-23)21-11-9-20(10-12-21)8-7-19-5-3-18(4-6-19)2-1-17-25/h1-2,13-16,18-21H,3-12H2/b2-1+. The van der Waals surface area contributed by atoms with Crippen LogP contribution < -0.4 is 0 Å². The van der Waals surface area contributed by atoms with Crippen molar-refractivity contribution in [2.45, 2.75) is 70.1 Å². The first-order valence-corrected chi connectivity index (χ1v) is 10.1. The fourth-order valence-corrected chi connectivity index (χ4v) is 4.84. The van der Waals surface area contributed by atoms with Crippen LogP contribution in [0.2, 0.25) is 0 Å². The Morgan fingerprint density at radius 1 is 0.880 bits per heavy atom. The highest BCUT2D eigenvalue weighted by Gasteiger charge is 2.24. The molecule has 1 aromatic carbocycles. The topological polar surface area (TPSA) is 23.8 Å². The van der Waals surface area contributed by atoms with Crippen LogP contribution in [0.3, 0.4) is 0 Å². The molecule has 1 nitrogen and oxygen atoms in total. The van der Waals surface area contributed by atoms with E-state index >= 15 is 0 Å². The summed E-state index contributed by atoms with van der Waals surface area (Å²) in [5, 5.41) is 8.63. The summed E-state index contributed by atoms with van der Waals surface area (Å²) in [7, 11) is 0. The summed E-state index contributed by atoms with van der Waals surface area (Å²) in [5.74, 6) is 2.95. The zero-order valence-electron chi connectivity index (χ0n) is 15.2. The fraction of sp³-hybridized carbons (Fsp3) is 0.609. The second-order valence-electron chi connectivity index (χ2n) is 8.12. The van der Waals surface area contributed by atoms with Gasteiger partial charge in [-0.2, -0.15) is 5.26 Å². The van der Waals surface area contributed by atoms with E-state index in [0.29, 0.717) is 11.8 Å². The van der Waals surface area contributed by atoms with E-state index in [1.165, 1.54) is 69.8 Å². The summed E-state index contributed by atoms with van der Waals surface area (Å²) >= 11 is 0. The van der Waals surface area contributed by atoms with Gasteiger partial charge < -0.3 is 0 Å². The molecule has 0 spiro atoms. The molecule has 0 atom stereocenters. The number of halogens is 1. The SMILES string of the molecule is N#C/C=C/C1CCC(CCC2CCC(c3ccc(F)cc3)CC2)CC1. The molecule has 0 amide bonds. The maximum Gasteiger partial charge on any atom is 0.123 e. The van der Waals surface area contributed by atoms with E-state index in [2.05, 4.69) is 12.1 Å². The van der Waals surface area contributed by atoms with E-state index < -0.39 is 0 Å². The van der Waals surface area contributed by atoms with Gasteiger partial charge in [0.25, 0.3) is 0 Å². The Kier molecular flexibility index (Phi) is 6.68. The number of rotatable bonds is 5. The molecule has 0 heterocycles. The van der Waals surface area contributed by atoms with E-state index in [0.717, 1.165) is 11.8 Å². The van der Waals surface area contributed by atoms with E-state index in [9.17, 15) is 4.39 Å². The third-order valence-corrected chi connectivity index (χ3v) is 6.51. The Hall–Kier alpha value is -1.62. The third-order valence-electron chi connectivity index (χ3n) is 6.51. The molecule has 3 rings (SSSR count). The van der Waals surface area contributed by atoms with Crippen LogP contribution in [0.1, 0.15) is 75.7 Å². The van der Waals surface area contributed by atoms with Crippen molar-refractivity contribution in [2.24, 2.45) is 17.8 Å². The fourth-order valence-electron chi connectivity index (χ4n) is 4.84. The predicted octanol–water partition coefficient (Wildman–Crippen LogP) is 6.77. The normalized spacial score (nSPS) is 30.2. The van der Waals surface area contributed by atoms with Gasteiger partial charge in [0.05, 0.1) is 6.07 Å². The second kappa shape index (κ2) is 9.18. The van der Waals surface area contributed by atoms with Gasteiger partial charge in [0, 0.05) is 6.08 Å². The number of nitrogens with zero attached hydrogens (tertiary/aromatic N) is 1. The first-order chi connectivity index (χ1) is 12.2. The molecule has 25 heavy (non-hydrogen) atoms. The minimum Gasteiger partial charge on any atom is -0.207 e. The van der Waals surface area contributed by atoms with Crippen LogP contribution in [0.25, 0.3) is 0 Å². The van der Waals surface area contributed by atoms with Crippen molar-refractivity contribution in [3.05, 3.63) is 47.8 Å². The van der Waals surface area contributed by atoms with Crippen molar-refractivity contribution < 1.29 is 4.39 Å². The van der Waals surface area contributed by atoms with Gasteiger partial charge >= 0.3 is 0 Å². The Morgan fingerprint density at radius 3 is 2.00 bits per heavy atom. The van der Waals surface area contributed by atoms with Crippen molar-refractivity contribution in [2.75, 3.05) is 0 Å². The van der Waals surface area contributed by atoms with Crippen LogP contribution in [0.5, 0.6) is 0 Å². The van der Waals surface area contributed by atoms with Crippen LogP contribution >= 0.6 is 0 Å². The van der Waals surface area contributed by atoms with Crippen molar-refractivity contribution in [1.82, 2.24) is 0 Å². The van der Waals surface area contributed by atoms with Gasteiger partial charge in [0.1, 0.15) is 5.82 Å². The van der Waals surface area contributed by atoms with E-state index in [4.69, 9.17) is 5.26 Å². The van der Waals surface area contributed by atoms with Gasteiger partial charge in [-0.3, -0.25) is 0 Å². The molecule has 0 bridgehead atoms.